The maximum atomic E-state index is 12.5. The number of nitrogens with zero attached hydrogens (tertiary/aromatic N) is 1. The standard InChI is InChI=1S/C17H24N2O5S2/c1-5-9-26(22,23)11(3)15(20)18-16-14(17(21)24-6-2)12-7-8-19(4)10-13(12)25-16/h5,11H,1,6-10H2,2-4H3,(H,18,20). The number of anilines is 1. The molecule has 1 atom stereocenters. The number of amides is 1. The molecule has 144 valence electrons. The smallest absolute Gasteiger partial charge is 0.341 e. The van der Waals surface area contributed by atoms with Crippen molar-refractivity contribution in [1.82, 2.24) is 4.90 Å². The van der Waals surface area contributed by atoms with Gasteiger partial charge in [-0.15, -0.1) is 17.9 Å². The molecule has 1 aliphatic rings. The molecule has 0 radical (unpaired) electrons. The summed E-state index contributed by atoms with van der Waals surface area (Å²) in [7, 11) is -1.65. The molecule has 1 amide bonds. The van der Waals surface area contributed by atoms with Crippen LogP contribution in [0.4, 0.5) is 5.00 Å². The summed E-state index contributed by atoms with van der Waals surface area (Å²) in [6, 6.07) is 0. The van der Waals surface area contributed by atoms with Gasteiger partial charge in [-0.25, -0.2) is 13.2 Å². The van der Waals surface area contributed by atoms with Crippen molar-refractivity contribution >= 4 is 38.1 Å². The largest absolute Gasteiger partial charge is 0.462 e. The first kappa shape index (κ1) is 20.6. The van der Waals surface area contributed by atoms with Gasteiger partial charge >= 0.3 is 5.97 Å². The van der Waals surface area contributed by atoms with Crippen molar-refractivity contribution in [3.05, 3.63) is 28.7 Å². The van der Waals surface area contributed by atoms with Crippen LogP contribution in [0.15, 0.2) is 12.7 Å². The highest BCUT2D eigenvalue weighted by Crippen LogP contribution is 2.37. The second-order valence-electron chi connectivity index (χ2n) is 6.17. The fourth-order valence-corrected chi connectivity index (χ4v) is 5.04. The van der Waals surface area contributed by atoms with Gasteiger partial charge in [-0.1, -0.05) is 6.08 Å². The predicted molar refractivity (Wildman–Crippen MR) is 102 cm³/mol. The van der Waals surface area contributed by atoms with Gasteiger partial charge in [0.2, 0.25) is 5.91 Å². The van der Waals surface area contributed by atoms with Gasteiger partial charge in [-0.3, -0.25) is 4.79 Å². The molecule has 26 heavy (non-hydrogen) atoms. The highest BCUT2D eigenvalue weighted by Gasteiger charge is 2.32. The highest BCUT2D eigenvalue weighted by atomic mass is 32.2. The molecule has 1 unspecified atom stereocenters. The summed E-state index contributed by atoms with van der Waals surface area (Å²) in [5, 5.41) is 1.75. The molecule has 0 saturated heterocycles. The van der Waals surface area contributed by atoms with Gasteiger partial charge in [0.1, 0.15) is 10.3 Å². The first-order chi connectivity index (χ1) is 12.2. The van der Waals surface area contributed by atoms with Crippen molar-refractivity contribution in [2.75, 3.05) is 31.3 Å². The average Bonchev–Trinajstić information content (AvgIpc) is 2.90. The van der Waals surface area contributed by atoms with Crippen LogP contribution in [0.25, 0.3) is 0 Å². The number of thiophene rings is 1. The predicted octanol–water partition coefficient (Wildman–Crippen LogP) is 1.84. The number of rotatable bonds is 7. The lowest BCUT2D eigenvalue weighted by Crippen LogP contribution is -2.34. The van der Waals surface area contributed by atoms with Crippen molar-refractivity contribution in [2.24, 2.45) is 0 Å². The van der Waals surface area contributed by atoms with Crippen molar-refractivity contribution in [3.63, 3.8) is 0 Å². The number of ether oxygens (including phenoxy) is 1. The van der Waals surface area contributed by atoms with Gasteiger partial charge in [0.05, 0.1) is 17.9 Å². The van der Waals surface area contributed by atoms with Gasteiger partial charge in [-0.05, 0) is 32.9 Å². The molecule has 2 rings (SSSR count). The van der Waals surface area contributed by atoms with Crippen LogP contribution in [-0.2, 0) is 32.3 Å². The van der Waals surface area contributed by atoms with E-state index in [4.69, 9.17) is 4.74 Å². The van der Waals surface area contributed by atoms with E-state index in [1.165, 1.54) is 24.3 Å². The van der Waals surface area contributed by atoms with Crippen LogP contribution < -0.4 is 5.32 Å². The number of fused-ring (bicyclic) bond motifs is 1. The molecule has 0 saturated carbocycles. The summed E-state index contributed by atoms with van der Waals surface area (Å²) >= 11 is 1.30. The minimum absolute atomic E-state index is 0.223. The fourth-order valence-electron chi connectivity index (χ4n) is 2.72. The second kappa shape index (κ2) is 8.32. The summed E-state index contributed by atoms with van der Waals surface area (Å²) < 4.78 is 29.3. The maximum Gasteiger partial charge on any atom is 0.341 e. The maximum absolute atomic E-state index is 12.5. The van der Waals surface area contributed by atoms with Crippen LogP contribution in [0.1, 0.15) is 34.6 Å². The first-order valence-corrected chi connectivity index (χ1v) is 10.9. The van der Waals surface area contributed by atoms with E-state index in [2.05, 4.69) is 16.8 Å². The molecule has 9 heteroatoms. The number of carbonyl (C=O) groups is 2. The van der Waals surface area contributed by atoms with Crippen LogP contribution in [0, 0.1) is 0 Å². The van der Waals surface area contributed by atoms with E-state index in [0.29, 0.717) is 23.5 Å². The van der Waals surface area contributed by atoms with Crippen molar-refractivity contribution in [3.8, 4) is 0 Å². The lowest BCUT2D eigenvalue weighted by molar-refractivity contribution is -0.115. The number of sulfone groups is 1. The molecule has 0 aromatic carbocycles. The number of carbonyl (C=O) groups excluding carboxylic acids is 2. The second-order valence-corrected chi connectivity index (χ2v) is 9.64. The zero-order valence-corrected chi connectivity index (χ0v) is 16.8. The Kier molecular flexibility index (Phi) is 6.59. The zero-order valence-electron chi connectivity index (χ0n) is 15.2. The lowest BCUT2D eigenvalue weighted by atomic mass is 10.0. The van der Waals surface area contributed by atoms with Gasteiger partial charge in [-0.2, -0.15) is 0 Å². The van der Waals surface area contributed by atoms with Gasteiger partial charge in [0.25, 0.3) is 0 Å². The molecule has 1 aliphatic heterocycles. The fraction of sp³-hybridized carbons (Fsp3) is 0.529. The summed E-state index contributed by atoms with van der Waals surface area (Å²) in [5.41, 5.74) is 1.23. The van der Waals surface area contributed by atoms with Crippen LogP contribution in [0.5, 0.6) is 0 Å². The molecule has 0 fully saturated rings. The Hall–Kier alpha value is -1.71. The average molecular weight is 401 g/mol. The van der Waals surface area contributed by atoms with E-state index >= 15 is 0 Å². The lowest BCUT2D eigenvalue weighted by Gasteiger charge is -2.22. The van der Waals surface area contributed by atoms with Crippen molar-refractivity contribution in [1.29, 1.82) is 0 Å². The third kappa shape index (κ3) is 4.33. The Balaban J connectivity index is 2.35. The number of likely N-dealkylation sites (N-methyl/N-ethyl adjacent to an activating group) is 1. The van der Waals surface area contributed by atoms with Gasteiger partial charge in [0.15, 0.2) is 9.84 Å². The molecule has 0 bridgehead atoms. The third-order valence-corrected chi connectivity index (χ3v) is 7.35. The molecule has 0 spiro atoms. The SMILES string of the molecule is C=CCS(=O)(=O)C(C)C(=O)Nc1sc2c(c1C(=O)OCC)CCN(C)C2. The van der Waals surface area contributed by atoms with Crippen molar-refractivity contribution in [2.45, 2.75) is 32.1 Å². The van der Waals surface area contributed by atoms with Crippen LogP contribution in [-0.4, -0.2) is 56.4 Å². The number of nitrogens with one attached hydrogen (secondary N) is 1. The summed E-state index contributed by atoms with van der Waals surface area (Å²) in [5.74, 6) is -1.44. The minimum atomic E-state index is -3.63. The van der Waals surface area contributed by atoms with Gasteiger partial charge in [0, 0.05) is 18.0 Å². The molecular formula is C17H24N2O5S2. The zero-order chi connectivity index (χ0) is 19.5. The molecular weight excluding hydrogens is 376 g/mol. The molecule has 1 aromatic heterocycles. The topological polar surface area (TPSA) is 92.8 Å². The van der Waals surface area contributed by atoms with E-state index < -0.39 is 27.0 Å². The van der Waals surface area contributed by atoms with Gasteiger partial charge < -0.3 is 15.0 Å². The normalized spacial score (nSPS) is 15.8. The van der Waals surface area contributed by atoms with E-state index in [1.807, 2.05) is 7.05 Å². The Bertz CT molecular complexity index is 813. The van der Waals surface area contributed by atoms with E-state index in [9.17, 15) is 18.0 Å². The van der Waals surface area contributed by atoms with Crippen molar-refractivity contribution < 1.29 is 22.7 Å². The minimum Gasteiger partial charge on any atom is -0.462 e. The summed E-state index contributed by atoms with van der Waals surface area (Å²) in [6.45, 7) is 8.15. The quantitative estimate of drug-likeness (QED) is 0.555. The summed E-state index contributed by atoms with van der Waals surface area (Å²) in [4.78, 5) is 28.0. The number of hydrogen-bond acceptors (Lipinski definition) is 7. The molecule has 0 aliphatic carbocycles. The Labute approximate surface area is 157 Å². The van der Waals surface area contributed by atoms with E-state index in [1.54, 1.807) is 6.92 Å². The number of esters is 1. The Morgan fingerprint density at radius 3 is 2.77 bits per heavy atom. The van der Waals surface area contributed by atoms with Crippen LogP contribution in [0.2, 0.25) is 0 Å². The summed E-state index contributed by atoms with van der Waals surface area (Å²) in [6.07, 6.45) is 1.93. The third-order valence-electron chi connectivity index (χ3n) is 4.22. The van der Waals surface area contributed by atoms with E-state index in [-0.39, 0.29) is 12.4 Å². The number of hydrogen-bond donors (Lipinski definition) is 1. The monoisotopic (exact) mass is 400 g/mol. The van der Waals surface area contributed by atoms with E-state index in [0.717, 1.165) is 17.0 Å². The highest BCUT2D eigenvalue weighted by molar-refractivity contribution is 7.92. The van der Waals surface area contributed by atoms with Crippen LogP contribution in [0.3, 0.4) is 0 Å². The molecule has 1 aromatic rings. The molecule has 7 nitrogen and oxygen atoms in total. The Morgan fingerprint density at radius 1 is 1.46 bits per heavy atom. The first-order valence-electron chi connectivity index (χ1n) is 8.34. The molecule has 2 heterocycles. The molecule has 1 N–H and O–H groups in total. The van der Waals surface area contributed by atoms with Crippen LogP contribution >= 0.6 is 11.3 Å². The Morgan fingerprint density at radius 2 is 2.15 bits per heavy atom.